The maximum Gasteiger partial charge on any atom is 0.263 e. The van der Waals surface area contributed by atoms with Crippen LogP contribution in [-0.2, 0) is 17.8 Å². The zero-order valence-corrected chi connectivity index (χ0v) is 18.3. The number of hydrogen-bond acceptors (Lipinski definition) is 5. The van der Waals surface area contributed by atoms with E-state index in [0.29, 0.717) is 23.2 Å². The van der Waals surface area contributed by atoms with Crippen molar-refractivity contribution < 1.29 is 9.18 Å². The van der Waals surface area contributed by atoms with Crippen LogP contribution in [0.5, 0.6) is 0 Å². The number of rotatable bonds is 5. The summed E-state index contributed by atoms with van der Waals surface area (Å²) >= 11 is 3.01. The molecule has 1 amide bonds. The highest BCUT2D eigenvalue weighted by Crippen LogP contribution is 2.33. The molecule has 1 unspecified atom stereocenters. The van der Waals surface area contributed by atoms with Crippen LogP contribution in [0.4, 0.5) is 4.39 Å². The molecule has 5 rings (SSSR count). The van der Waals surface area contributed by atoms with Crippen molar-refractivity contribution in [2.45, 2.75) is 31.8 Å². The molecule has 4 heterocycles. The molecule has 1 saturated heterocycles. The molecule has 31 heavy (non-hydrogen) atoms. The number of thiophene rings is 2. The predicted molar refractivity (Wildman–Crippen MR) is 122 cm³/mol. The Kier molecular flexibility index (Phi) is 5.41. The molecule has 158 valence electrons. The van der Waals surface area contributed by atoms with Gasteiger partial charge in [-0.25, -0.2) is 9.37 Å². The van der Waals surface area contributed by atoms with E-state index >= 15 is 0 Å². The number of benzene rings is 1. The fourth-order valence-corrected chi connectivity index (χ4v) is 5.96. The van der Waals surface area contributed by atoms with E-state index in [0.717, 1.165) is 28.8 Å². The highest BCUT2D eigenvalue weighted by Gasteiger charge is 2.29. The minimum atomic E-state index is -0.267. The SMILES string of the molecule is O=C(Cn1cnc2scc(-c3cccs3)c2c1=O)N1CCCC1Cc1cccc(F)c1. The van der Waals surface area contributed by atoms with Gasteiger partial charge < -0.3 is 4.90 Å². The van der Waals surface area contributed by atoms with Crippen LogP contribution in [0.1, 0.15) is 18.4 Å². The van der Waals surface area contributed by atoms with E-state index in [1.807, 2.05) is 33.9 Å². The van der Waals surface area contributed by atoms with Crippen molar-refractivity contribution in [3.8, 4) is 10.4 Å². The minimum absolute atomic E-state index is 0.0181. The Labute approximate surface area is 186 Å². The second kappa shape index (κ2) is 8.36. The number of nitrogens with zero attached hydrogens (tertiary/aromatic N) is 3. The Balaban J connectivity index is 1.39. The molecule has 0 N–H and O–H groups in total. The first kappa shape index (κ1) is 20.1. The van der Waals surface area contributed by atoms with Crippen LogP contribution in [-0.4, -0.2) is 32.9 Å². The van der Waals surface area contributed by atoms with Gasteiger partial charge in [0.25, 0.3) is 5.56 Å². The van der Waals surface area contributed by atoms with Gasteiger partial charge in [-0.05, 0) is 48.4 Å². The van der Waals surface area contributed by atoms with E-state index in [-0.39, 0.29) is 29.9 Å². The molecule has 1 atom stereocenters. The summed E-state index contributed by atoms with van der Waals surface area (Å²) in [6.45, 7) is 0.614. The number of hydrogen-bond donors (Lipinski definition) is 0. The van der Waals surface area contributed by atoms with Gasteiger partial charge in [0.1, 0.15) is 17.2 Å². The van der Waals surface area contributed by atoms with Crippen LogP contribution in [0.2, 0.25) is 0 Å². The first-order valence-electron chi connectivity index (χ1n) is 10.1. The van der Waals surface area contributed by atoms with Crippen molar-refractivity contribution >= 4 is 38.8 Å². The standard InChI is InChI=1S/C23H20FN3O2S2/c24-16-5-1-4-15(10-16)11-17-6-2-8-27(17)20(28)12-26-14-25-22-21(23(26)29)18(13-31-22)19-7-3-9-30-19/h1,3-5,7,9-10,13-14,17H,2,6,8,11-12H2. The summed E-state index contributed by atoms with van der Waals surface area (Å²) in [4.78, 5) is 34.2. The number of amides is 1. The lowest BCUT2D eigenvalue weighted by Crippen LogP contribution is -2.40. The summed E-state index contributed by atoms with van der Waals surface area (Å²) < 4.78 is 14.9. The highest BCUT2D eigenvalue weighted by atomic mass is 32.1. The lowest BCUT2D eigenvalue weighted by Gasteiger charge is -2.25. The smallest absolute Gasteiger partial charge is 0.263 e. The van der Waals surface area contributed by atoms with Crippen molar-refractivity contribution in [3.63, 3.8) is 0 Å². The van der Waals surface area contributed by atoms with Crippen molar-refractivity contribution in [2.24, 2.45) is 0 Å². The van der Waals surface area contributed by atoms with Crippen LogP contribution in [0.25, 0.3) is 20.7 Å². The molecule has 3 aromatic heterocycles. The third kappa shape index (κ3) is 3.93. The normalized spacial score (nSPS) is 16.3. The van der Waals surface area contributed by atoms with Gasteiger partial charge in [-0.1, -0.05) is 18.2 Å². The van der Waals surface area contributed by atoms with Gasteiger partial charge in [0.05, 0.1) is 11.7 Å². The minimum Gasteiger partial charge on any atom is -0.338 e. The molecule has 4 aromatic rings. The van der Waals surface area contributed by atoms with E-state index in [1.165, 1.54) is 34.4 Å². The Bertz CT molecular complexity index is 1300. The molecule has 0 saturated carbocycles. The monoisotopic (exact) mass is 453 g/mol. The van der Waals surface area contributed by atoms with Gasteiger partial charge in [0.2, 0.25) is 5.91 Å². The Morgan fingerprint density at radius 2 is 2.13 bits per heavy atom. The quantitative estimate of drug-likeness (QED) is 0.445. The van der Waals surface area contributed by atoms with Crippen LogP contribution >= 0.6 is 22.7 Å². The fraction of sp³-hybridized carbons (Fsp3) is 0.261. The van der Waals surface area contributed by atoms with Gasteiger partial charge in [-0.3, -0.25) is 14.2 Å². The van der Waals surface area contributed by atoms with Gasteiger partial charge in [-0.2, -0.15) is 0 Å². The Morgan fingerprint density at radius 1 is 1.23 bits per heavy atom. The third-order valence-electron chi connectivity index (χ3n) is 5.71. The van der Waals surface area contributed by atoms with Gasteiger partial charge in [0, 0.05) is 28.4 Å². The molecule has 0 bridgehead atoms. The number of halogens is 1. The van der Waals surface area contributed by atoms with Gasteiger partial charge >= 0.3 is 0 Å². The van der Waals surface area contributed by atoms with E-state index in [2.05, 4.69) is 4.98 Å². The number of carbonyl (C=O) groups excluding carboxylic acids is 1. The number of carbonyl (C=O) groups is 1. The molecule has 0 radical (unpaired) electrons. The van der Waals surface area contributed by atoms with Crippen LogP contribution in [0.15, 0.2) is 58.3 Å². The Morgan fingerprint density at radius 3 is 2.94 bits per heavy atom. The van der Waals surface area contributed by atoms with E-state index in [1.54, 1.807) is 17.4 Å². The number of fused-ring (bicyclic) bond motifs is 1. The predicted octanol–water partition coefficient (Wildman–Crippen LogP) is 4.56. The summed E-state index contributed by atoms with van der Waals surface area (Å²) in [5, 5.41) is 4.50. The molecule has 1 aliphatic rings. The van der Waals surface area contributed by atoms with Gasteiger partial charge in [0.15, 0.2) is 0 Å². The van der Waals surface area contributed by atoms with Crippen molar-refractivity contribution in [1.29, 1.82) is 0 Å². The van der Waals surface area contributed by atoms with E-state index in [9.17, 15) is 14.0 Å². The largest absolute Gasteiger partial charge is 0.338 e. The van der Waals surface area contributed by atoms with Crippen LogP contribution in [0, 0.1) is 5.82 Å². The maximum absolute atomic E-state index is 13.5. The zero-order valence-electron chi connectivity index (χ0n) is 16.7. The molecular formula is C23H20FN3O2S2. The maximum atomic E-state index is 13.5. The highest BCUT2D eigenvalue weighted by molar-refractivity contribution is 7.18. The first-order valence-corrected chi connectivity index (χ1v) is 11.9. The lowest BCUT2D eigenvalue weighted by atomic mass is 10.0. The zero-order chi connectivity index (χ0) is 21.4. The van der Waals surface area contributed by atoms with Crippen molar-refractivity contribution in [3.05, 3.63) is 75.2 Å². The Hall–Kier alpha value is -2.84. The topological polar surface area (TPSA) is 55.2 Å². The number of aromatic nitrogens is 2. The molecular weight excluding hydrogens is 433 g/mol. The molecule has 5 nitrogen and oxygen atoms in total. The van der Waals surface area contributed by atoms with Crippen molar-refractivity contribution in [1.82, 2.24) is 14.5 Å². The van der Waals surface area contributed by atoms with Crippen LogP contribution < -0.4 is 5.56 Å². The average molecular weight is 454 g/mol. The molecule has 8 heteroatoms. The molecule has 1 fully saturated rings. The van der Waals surface area contributed by atoms with E-state index < -0.39 is 0 Å². The van der Waals surface area contributed by atoms with E-state index in [4.69, 9.17) is 0 Å². The molecule has 1 aromatic carbocycles. The lowest BCUT2D eigenvalue weighted by molar-refractivity contribution is -0.132. The first-order chi connectivity index (χ1) is 15.1. The molecule has 0 spiro atoms. The second-order valence-electron chi connectivity index (χ2n) is 7.70. The average Bonchev–Trinajstić information content (AvgIpc) is 3.50. The van der Waals surface area contributed by atoms with Crippen molar-refractivity contribution in [2.75, 3.05) is 6.54 Å². The fourth-order valence-electron chi connectivity index (χ4n) is 4.24. The third-order valence-corrected chi connectivity index (χ3v) is 7.50. The summed E-state index contributed by atoms with van der Waals surface area (Å²) in [7, 11) is 0. The summed E-state index contributed by atoms with van der Waals surface area (Å²) in [6, 6.07) is 10.5. The second-order valence-corrected chi connectivity index (χ2v) is 9.51. The number of likely N-dealkylation sites (tertiary alicyclic amines) is 1. The summed E-state index contributed by atoms with van der Waals surface area (Å²) in [5.41, 5.74) is 1.56. The van der Waals surface area contributed by atoms with Crippen LogP contribution in [0.3, 0.4) is 0 Å². The molecule has 1 aliphatic heterocycles. The van der Waals surface area contributed by atoms with Gasteiger partial charge in [-0.15, -0.1) is 22.7 Å². The molecule has 0 aliphatic carbocycles. The summed E-state index contributed by atoms with van der Waals surface area (Å²) in [5.74, 6) is -0.369. The summed E-state index contributed by atoms with van der Waals surface area (Å²) in [6.07, 6.45) is 3.87.